The predicted molar refractivity (Wildman–Crippen MR) is 61.5 cm³/mol. The van der Waals surface area contributed by atoms with Crippen LogP contribution in [-0.4, -0.2) is 18.0 Å². The van der Waals surface area contributed by atoms with Crippen molar-refractivity contribution in [2.75, 3.05) is 10.5 Å². The van der Waals surface area contributed by atoms with Gasteiger partial charge in [0.15, 0.2) is 11.6 Å². The van der Waals surface area contributed by atoms with Crippen molar-refractivity contribution < 1.29 is 17.2 Å². The highest BCUT2D eigenvalue weighted by Gasteiger charge is 2.19. The monoisotopic (exact) mass is 292 g/mol. The summed E-state index contributed by atoms with van der Waals surface area (Å²) in [4.78, 5) is -0.479. The van der Waals surface area contributed by atoms with E-state index in [4.69, 9.17) is 5.73 Å². The SMILES string of the molecule is Nc1cc(S(=O)(=O)Nc2cnns2)cc(F)c1F. The van der Waals surface area contributed by atoms with Crippen LogP contribution in [0.3, 0.4) is 0 Å². The molecule has 0 aliphatic rings. The fourth-order valence-electron chi connectivity index (χ4n) is 1.14. The summed E-state index contributed by atoms with van der Waals surface area (Å²) in [6.45, 7) is 0. The lowest BCUT2D eigenvalue weighted by Crippen LogP contribution is -2.13. The highest BCUT2D eigenvalue weighted by atomic mass is 32.2. The first kappa shape index (κ1) is 12.6. The summed E-state index contributed by atoms with van der Waals surface area (Å²) in [5.74, 6) is -2.62. The molecule has 0 aliphatic carbocycles. The van der Waals surface area contributed by atoms with Crippen LogP contribution >= 0.6 is 11.5 Å². The Morgan fingerprint density at radius 3 is 2.61 bits per heavy atom. The van der Waals surface area contributed by atoms with Gasteiger partial charge < -0.3 is 5.73 Å². The molecule has 0 amide bonds. The van der Waals surface area contributed by atoms with Crippen LogP contribution in [0.1, 0.15) is 0 Å². The number of benzene rings is 1. The van der Waals surface area contributed by atoms with Gasteiger partial charge in [0.05, 0.1) is 16.8 Å². The second kappa shape index (κ2) is 4.46. The van der Waals surface area contributed by atoms with Gasteiger partial charge >= 0.3 is 0 Å². The summed E-state index contributed by atoms with van der Waals surface area (Å²) >= 11 is 0.806. The summed E-state index contributed by atoms with van der Waals surface area (Å²) in [6, 6.07) is 1.37. The number of nitrogens with zero attached hydrogens (tertiary/aromatic N) is 2. The largest absolute Gasteiger partial charge is 0.396 e. The first-order valence-electron chi connectivity index (χ1n) is 4.45. The van der Waals surface area contributed by atoms with Gasteiger partial charge in [-0.3, -0.25) is 4.72 Å². The van der Waals surface area contributed by atoms with E-state index in [1.54, 1.807) is 0 Å². The minimum atomic E-state index is -4.05. The first-order valence-corrected chi connectivity index (χ1v) is 6.70. The number of nitrogens with one attached hydrogen (secondary N) is 1. The van der Waals surface area contributed by atoms with Crippen LogP contribution in [0.5, 0.6) is 0 Å². The van der Waals surface area contributed by atoms with Crippen molar-refractivity contribution >= 4 is 32.2 Å². The van der Waals surface area contributed by atoms with Crippen molar-refractivity contribution in [3.63, 3.8) is 0 Å². The standard InChI is InChI=1S/C8H6F2N4O2S2/c9-5-1-4(2-6(11)8(5)10)18(15,16)13-7-3-12-14-17-7/h1-3,13H,11H2. The highest BCUT2D eigenvalue weighted by Crippen LogP contribution is 2.23. The Morgan fingerprint density at radius 2 is 2.06 bits per heavy atom. The number of rotatable bonds is 3. The third-order valence-electron chi connectivity index (χ3n) is 1.94. The van der Waals surface area contributed by atoms with E-state index in [1.807, 2.05) is 0 Å². The van der Waals surface area contributed by atoms with E-state index in [0.29, 0.717) is 6.07 Å². The van der Waals surface area contributed by atoms with Gasteiger partial charge in [-0.1, -0.05) is 4.49 Å². The fraction of sp³-hybridized carbons (Fsp3) is 0. The molecule has 10 heteroatoms. The molecule has 18 heavy (non-hydrogen) atoms. The Hall–Kier alpha value is -1.81. The average Bonchev–Trinajstić information content (AvgIpc) is 2.77. The molecule has 0 saturated heterocycles. The van der Waals surface area contributed by atoms with E-state index >= 15 is 0 Å². The molecule has 2 aromatic rings. The minimum Gasteiger partial charge on any atom is -0.396 e. The van der Waals surface area contributed by atoms with Gasteiger partial charge in [-0.15, -0.1) is 5.10 Å². The summed E-state index contributed by atoms with van der Waals surface area (Å²) in [5.41, 5.74) is 4.58. The molecule has 0 saturated carbocycles. The van der Waals surface area contributed by atoms with E-state index in [1.165, 1.54) is 6.20 Å². The third-order valence-corrected chi connectivity index (χ3v) is 3.99. The van der Waals surface area contributed by atoms with Crippen LogP contribution in [0, 0.1) is 11.6 Å². The molecule has 6 nitrogen and oxygen atoms in total. The van der Waals surface area contributed by atoms with Gasteiger partial charge in [-0.2, -0.15) is 0 Å². The van der Waals surface area contributed by atoms with Crippen LogP contribution in [-0.2, 0) is 10.0 Å². The van der Waals surface area contributed by atoms with Crippen molar-refractivity contribution in [3.05, 3.63) is 30.0 Å². The van der Waals surface area contributed by atoms with Crippen LogP contribution < -0.4 is 10.5 Å². The van der Waals surface area contributed by atoms with E-state index in [9.17, 15) is 17.2 Å². The Kier molecular flexibility index (Phi) is 3.13. The lowest BCUT2D eigenvalue weighted by atomic mass is 10.3. The molecule has 0 spiro atoms. The minimum absolute atomic E-state index is 0.151. The molecule has 0 aliphatic heterocycles. The number of hydrogen-bond donors (Lipinski definition) is 2. The summed E-state index contributed by atoms with van der Waals surface area (Å²) in [5, 5.41) is 3.58. The molecule has 1 aromatic heterocycles. The van der Waals surface area contributed by atoms with Gasteiger partial charge in [0.1, 0.15) is 5.00 Å². The Balaban J connectivity index is 2.42. The number of aromatic nitrogens is 2. The van der Waals surface area contributed by atoms with Crippen LogP contribution in [0.4, 0.5) is 19.5 Å². The molecule has 3 N–H and O–H groups in total. The Labute approximate surface area is 105 Å². The van der Waals surface area contributed by atoms with Crippen LogP contribution in [0.25, 0.3) is 0 Å². The van der Waals surface area contributed by atoms with Crippen LogP contribution in [0.2, 0.25) is 0 Å². The van der Waals surface area contributed by atoms with Gasteiger partial charge in [0.25, 0.3) is 10.0 Å². The van der Waals surface area contributed by atoms with Gasteiger partial charge in [0, 0.05) is 11.5 Å². The molecule has 96 valence electrons. The smallest absolute Gasteiger partial charge is 0.262 e. The normalized spacial score (nSPS) is 11.4. The maximum Gasteiger partial charge on any atom is 0.262 e. The van der Waals surface area contributed by atoms with Crippen molar-refractivity contribution in [2.45, 2.75) is 4.90 Å². The van der Waals surface area contributed by atoms with Gasteiger partial charge in [-0.05, 0) is 12.1 Å². The quantitative estimate of drug-likeness (QED) is 0.828. The number of hydrogen-bond acceptors (Lipinski definition) is 6. The molecular formula is C8H6F2N4O2S2. The molecule has 2 rings (SSSR count). The number of nitrogens with two attached hydrogens (primary N) is 1. The number of halogens is 2. The zero-order chi connectivity index (χ0) is 13.3. The fourth-order valence-corrected chi connectivity index (χ4v) is 2.87. The molecule has 0 unspecified atom stereocenters. The molecule has 1 aromatic carbocycles. The second-order valence-electron chi connectivity index (χ2n) is 3.20. The van der Waals surface area contributed by atoms with E-state index < -0.39 is 32.2 Å². The molecule has 0 atom stereocenters. The van der Waals surface area contributed by atoms with E-state index in [2.05, 4.69) is 14.3 Å². The highest BCUT2D eigenvalue weighted by molar-refractivity contribution is 7.93. The lowest BCUT2D eigenvalue weighted by molar-refractivity contribution is 0.508. The maximum atomic E-state index is 13.1. The summed E-state index contributed by atoms with van der Waals surface area (Å²) < 4.78 is 55.2. The number of sulfonamides is 1. The first-order chi connectivity index (χ1) is 8.40. The van der Waals surface area contributed by atoms with E-state index in [-0.39, 0.29) is 5.00 Å². The van der Waals surface area contributed by atoms with Crippen molar-refractivity contribution in [2.24, 2.45) is 0 Å². The Bertz CT molecular complexity index is 649. The number of anilines is 2. The second-order valence-corrected chi connectivity index (χ2v) is 5.66. The Morgan fingerprint density at radius 1 is 1.33 bits per heavy atom. The zero-order valence-corrected chi connectivity index (χ0v) is 10.2. The molecule has 0 fully saturated rings. The van der Waals surface area contributed by atoms with Gasteiger partial charge in [0.2, 0.25) is 0 Å². The van der Waals surface area contributed by atoms with Crippen LogP contribution in [0.15, 0.2) is 23.2 Å². The lowest BCUT2D eigenvalue weighted by Gasteiger charge is -2.07. The molecule has 0 radical (unpaired) electrons. The molecule has 1 heterocycles. The topological polar surface area (TPSA) is 98.0 Å². The summed E-state index contributed by atoms with van der Waals surface area (Å²) in [6.07, 6.45) is 1.19. The molecular weight excluding hydrogens is 286 g/mol. The predicted octanol–water partition coefficient (Wildman–Crippen LogP) is 1.20. The third kappa shape index (κ3) is 2.38. The van der Waals surface area contributed by atoms with Crippen molar-refractivity contribution in [1.29, 1.82) is 0 Å². The zero-order valence-electron chi connectivity index (χ0n) is 8.59. The average molecular weight is 292 g/mol. The number of nitrogen functional groups attached to an aromatic ring is 1. The summed E-state index contributed by atoms with van der Waals surface area (Å²) in [7, 11) is -4.05. The maximum absolute atomic E-state index is 13.1. The van der Waals surface area contributed by atoms with Crippen molar-refractivity contribution in [1.82, 2.24) is 9.59 Å². The molecule has 0 bridgehead atoms. The van der Waals surface area contributed by atoms with E-state index in [0.717, 1.165) is 17.6 Å². The van der Waals surface area contributed by atoms with Crippen molar-refractivity contribution in [3.8, 4) is 0 Å². The van der Waals surface area contributed by atoms with Gasteiger partial charge in [-0.25, -0.2) is 17.2 Å².